The fourth-order valence-corrected chi connectivity index (χ4v) is 3.76. The number of urea groups is 1. The normalized spacial score (nSPS) is 13.6. The summed E-state index contributed by atoms with van der Waals surface area (Å²) in [6.07, 6.45) is 0. The molecule has 1 N–H and O–H groups in total. The molecule has 9 heteroatoms. The molecule has 2 aromatic carbocycles. The summed E-state index contributed by atoms with van der Waals surface area (Å²) in [5.74, 6) is 2.00. The number of benzene rings is 2. The van der Waals surface area contributed by atoms with E-state index in [0.29, 0.717) is 48.4 Å². The molecule has 0 radical (unpaired) electrons. The monoisotopic (exact) mass is 453 g/mol. The third-order valence-corrected chi connectivity index (χ3v) is 5.62. The van der Waals surface area contributed by atoms with Crippen molar-refractivity contribution in [1.82, 2.24) is 15.1 Å². The Kier molecular flexibility index (Phi) is 6.61. The first-order valence-electron chi connectivity index (χ1n) is 10.2. The molecular formula is C23H24ClN5O3. The Morgan fingerprint density at radius 2 is 1.62 bits per heavy atom. The number of halogens is 1. The molecule has 2 amide bonds. The summed E-state index contributed by atoms with van der Waals surface area (Å²) in [4.78, 5) is 16.6. The number of anilines is 2. The molecule has 0 bridgehead atoms. The predicted octanol–water partition coefficient (Wildman–Crippen LogP) is 4.17. The zero-order chi connectivity index (χ0) is 22.5. The van der Waals surface area contributed by atoms with Gasteiger partial charge in [-0.25, -0.2) is 4.79 Å². The van der Waals surface area contributed by atoms with Gasteiger partial charge in [-0.3, -0.25) is 0 Å². The molecule has 0 saturated carbocycles. The van der Waals surface area contributed by atoms with E-state index in [2.05, 4.69) is 20.4 Å². The van der Waals surface area contributed by atoms with E-state index < -0.39 is 0 Å². The SMILES string of the molecule is COc1cc(NC(=O)N2CCN(c3ccc(-c4ccccc4Cl)nn3)CC2)cc(OC)c1. The molecule has 1 aromatic heterocycles. The highest BCUT2D eigenvalue weighted by atomic mass is 35.5. The summed E-state index contributed by atoms with van der Waals surface area (Å²) in [5, 5.41) is 12.3. The average Bonchev–Trinajstić information content (AvgIpc) is 2.84. The summed E-state index contributed by atoms with van der Waals surface area (Å²) >= 11 is 6.25. The van der Waals surface area contributed by atoms with Crippen LogP contribution in [0.4, 0.5) is 16.3 Å². The lowest BCUT2D eigenvalue weighted by Gasteiger charge is -2.35. The summed E-state index contributed by atoms with van der Waals surface area (Å²) in [6, 6.07) is 16.5. The van der Waals surface area contributed by atoms with Crippen molar-refractivity contribution in [2.45, 2.75) is 0 Å². The first-order chi connectivity index (χ1) is 15.6. The van der Waals surface area contributed by atoms with Gasteiger partial charge in [-0.05, 0) is 18.2 Å². The van der Waals surface area contributed by atoms with Crippen LogP contribution >= 0.6 is 11.6 Å². The second-order valence-corrected chi connectivity index (χ2v) is 7.67. The Morgan fingerprint density at radius 3 is 2.22 bits per heavy atom. The number of ether oxygens (including phenoxy) is 2. The highest BCUT2D eigenvalue weighted by molar-refractivity contribution is 6.33. The van der Waals surface area contributed by atoms with Crippen LogP contribution in [-0.2, 0) is 0 Å². The summed E-state index contributed by atoms with van der Waals surface area (Å²) in [5.41, 5.74) is 2.20. The molecule has 166 valence electrons. The van der Waals surface area contributed by atoms with Crippen molar-refractivity contribution in [2.24, 2.45) is 0 Å². The second-order valence-electron chi connectivity index (χ2n) is 7.26. The molecule has 0 unspecified atom stereocenters. The summed E-state index contributed by atoms with van der Waals surface area (Å²) in [6.45, 7) is 2.46. The lowest BCUT2D eigenvalue weighted by Crippen LogP contribution is -2.50. The number of nitrogens with zero attached hydrogens (tertiary/aromatic N) is 4. The highest BCUT2D eigenvalue weighted by Crippen LogP contribution is 2.27. The molecule has 0 atom stereocenters. The van der Waals surface area contributed by atoms with Gasteiger partial charge < -0.3 is 24.6 Å². The lowest BCUT2D eigenvalue weighted by atomic mass is 10.1. The van der Waals surface area contributed by atoms with Crippen molar-refractivity contribution in [3.05, 3.63) is 59.6 Å². The number of amides is 2. The number of nitrogens with one attached hydrogen (secondary N) is 1. The van der Waals surface area contributed by atoms with Crippen molar-refractivity contribution >= 4 is 29.1 Å². The fourth-order valence-electron chi connectivity index (χ4n) is 3.53. The molecule has 1 aliphatic rings. The molecule has 0 aliphatic carbocycles. The van der Waals surface area contributed by atoms with Crippen molar-refractivity contribution in [3.8, 4) is 22.8 Å². The Morgan fingerprint density at radius 1 is 0.938 bits per heavy atom. The highest BCUT2D eigenvalue weighted by Gasteiger charge is 2.22. The van der Waals surface area contributed by atoms with E-state index in [-0.39, 0.29) is 6.03 Å². The van der Waals surface area contributed by atoms with Gasteiger partial charge in [0.25, 0.3) is 0 Å². The number of carbonyl (C=O) groups excluding carboxylic acids is 1. The van der Waals surface area contributed by atoms with Gasteiger partial charge in [-0.1, -0.05) is 29.8 Å². The average molecular weight is 454 g/mol. The molecule has 4 rings (SSSR count). The van der Waals surface area contributed by atoms with Crippen molar-refractivity contribution < 1.29 is 14.3 Å². The number of carbonyl (C=O) groups is 1. The van der Waals surface area contributed by atoms with Crippen LogP contribution in [0.25, 0.3) is 11.3 Å². The zero-order valence-electron chi connectivity index (χ0n) is 17.9. The fraction of sp³-hybridized carbons (Fsp3) is 0.261. The minimum atomic E-state index is -0.167. The Labute approximate surface area is 191 Å². The van der Waals surface area contributed by atoms with E-state index in [4.69, 9.17) is 21.1 Å². The van der Waals surface area contributed by atoms with Crippen LogP contribution in [0, 0.1) is 0 Å². The lowest BCUT2D eigenvalue weighted by molar-refractivity contribution is 0.208. The van der Waals surface area contributed by atoms with Crippen LogP contribution in [-0.4, -0.2) is 61.5 Å². The molecule has 2 heterocycles. The first-order valence-corrected chi connectivity index (χ1v) is 10.6. The largest absolute Gasteiger partial charge is 0.497 e. The Bertz CT molecular complexity index is 1060. The summed E-state index contributed by atoms with van der Waals surface area (Å²) < 4.78 is 10.5. The first kappa shape index (κ1) is 21.7. The quantitative estimate of drug-likeness (QED) is 0.624. The van der Waals surface area contributed by atoms with E-state index >= 15 is 0 Å². The number of hydrogen-bond donors (Lipinski definition) is 1. The van der Waals surface area contributed by atoms with Gasteiger partial charge in [0.2, 0.25) is 0 Å². The van der Waals surface area contributed by atoms with Crippen LogP contribution in [0.5, 0.6) is 11.5 Å². The molecular weight excluding hydrogens is 430 g/mol. The number of aromatic nitrogens is 2. The number of methoxy groups -OCH3 is 2. The van der Waals surface area contributed by atoms with E-state index in [1.54, 1.807) is 37.3 Å². The maximum absolute atomic E-state index is 12.7. The smallest absolute Gasteiger partial charge is 0.321 e. The summed E-state index contributed by atoms with van der Waals surface area (Å²) in [7, 11) is 3.15. The van der Waals surface area contributed by atoms with Crippen molar-refractivity contribution in [3.63, 3.8) is 0 Å². The van der Waals surface area contributed by atoms with Gasteiger partial charge in [0, 0.05) is 55.6 Å². The standard InChI is InChI=1S/C23H24ClN5O3/c1-31-17-13-16(14-18(15-17)32-2)25-23(30)29-11-9-28(10-12-29)22-8-7-21(26-27-22)19-5-3-4-6-20(19)24/h3-8,13-15H,9-12H2,1-2H3,(H,25,30). The van der Waals surface area contributed by atoms with E-state index in [0.717, 1.165) is 17.1 Å². The third kappa shape index (κ3) is 4.86. The molecule has 1 fully saturated rings. The van der Waals surface area contributed by atoms with Crippen LogP contribution in [0.3, 0.4) is 0 Å². The molecule has 1 saturated heterocycles. The van der Waals surface area contributed by atoms with Gasteiger partial charge >= 0.3 is 6.03 Å². The van der Waals surface area contributed by atoms with Crippen LogP contribution < -0.4 is 19.7 Å². The van der Waals surface area contributed by atoms with Gasteiger partial charge in [0.05, 0.1) is 24.9 Å². The Hall–Kier alpha value is -3.52. The van der Waals surface area contributed by atoms with Crippen molar-refractivity contribution in [1.29, 1.82) is 0 Å². The van der Waals surface area contributed by atoms with Crippen LogP contribution in [0.15, 0.2) is 54.6 Å². The molecule has 8 nitrogen and oxygen atoms in total. The van der Waals surface area contributed by atoms with Gasteiger partial charge in [0.15, 0.2) is 5.82 Å². The number of piperazine rings is 1. The zero-order valence-corrected chi connectivity index (χ0v) is 18.7. The van der Waals surface area contributed by atoms with E-state index in [9.17, 15) is 4.79 Å². The minimum Gasteiger partial charge on any atom is -0.497 e. The maximum atomic E-state index is 12.7. The van der Waals surface area contributed by atoms with Crippen molar-refractivity contribution in [2.75, 3.05) is 50.6 Å². The number of hydrogen-bond acceptors (Lipinski definition) is 6. The molecule has 3 aromatic rings. The van der Waals surface area contributed by atoms with Gasteiger partial charge in [0.1, 0.15) is 11.5 Å². The molecule has 32 heavy (non-hydrogen) atoms. The van der Waals surface area contributed by atoms with E-state index in [1.165, 1.54) is 0 Å². The number of rotatable bonds is 5. The third-order valence-electron chi connectivity index (χ3n) is 5.29. The predicted molar refractivity (Wildman–Crippen MR) is 125 cm³/mol. The maximum Gasteiger partial charge on any atom is 0.321 e. The van der Waals surface area contributed by atoms with Gasteiger partial charge in [-0.15, -0.1) is 10.2 Å². The molecule has 0 spiro atoms. The van der Waals surface area contributed by atoms with Gasteiger partial charge in [-0.2, -0.15) is 0 Å². The van der Waals surface area contributed by atoms with Crippen LogP contribution in [0.1, 0.15) is 0 Å². The Balaban J connectivity index is 1.36. The van der Waals surface area contributed by atoms with E-state index in [1.807, 2.05) is 36.4 Å². The second kappa shape index (κ2) is 9.74. The topological polar surface area (TPSA) is 79.8 Å². The minimum absolute atomic E-state index is 0.167. The van der Waals surface area contributed by atoms with Crippen LogP contribution in [0.2, 0.25) is 5.02 Å². The molecule has 1 aliphatic heterocycles.